The fourth-order valence-electron chi connectivity index (χ4n) is 2.69. The van der Waals surface area contributed by atoms with Gasteiger partial charge in [0.2, 0.25) is 0 Å². The Bertz CT molecular complexity index is 839. The Labute approximate surface area is 140 Å². The molecular weight excluding hydrogens is 305 g/mol. The molecule has 3 rings (SSSR count). The molecule has 3 aromatic rings. The number of hydrogen-bond acceptors (Lipinski definition) is 2. The van der Waals surface area contributed by atoms with Gasteiger partial charge in [-0.1, -0.05) is 25.5 Å². The molecule has 0 aliphatic carbocycles. The predicted molar refractivity (Wildman–Crippen MR) is 92.2 cm³/mol. The average Bonchev–Trinajstić information content (AvgIpc) is 2.96. The van der Waals surface area contributed by atoms with E-state index in [0.717, 1.165) is 36.2 Å². The van der Waals surface area contributed by atoms with E-state index < -0.39 is 0 Å². The van der Waals surface area contributed by atoms with Crippen molar-refractivity contribution in [2.45, 2.75) is 32.9 Å². The number of para-hydroxylation sites is 2. The molecule has 1 N–H and O–H groups in total. The third kappa shape index (κ3) is 3.45. The summed E-state index contributed by atoms with van der Waals surface area (Å²) in [4.78, 5) is 16.8. The van der Waals surface area contributed by atoms with Gasteiger partial charge in [-0.25, -0.2) is 9.37 Å². The Morgan fingerprint density at radius 3 is 2.67 bits per heavy atom. The van der Waals surface area contributed by atoms with Gasteiger partial charge in [-0.3, -0.25) is 4.79 Å². The number of halogens is 1. The van der Waals surface area contributed by atoms with Crippen molar-refractivity contribution in [2.24, 2.45) is 0 Å². The van der Waals surface area contributed by atoms with E-state index in [1.54, 1.807) is 0 Å². The van der Waals surface area contributed by atoms with Crippen LogP contribution in [0, 0.1) is 5.82 Å². The number of hydrogen-bond donors (Lipinski definition) is 1. The molecule has 2 aromatic carbocycles. The third-order valence-corrected chi connectivity index (χ3v) is 3.98. The van der Waals surface area contributed by atoms with Crippen molar-refractivity contribution in [3.63, 3.8) is 0 Å². The van der Waals surface area contributed by atoms with E-state index in [1.807, 2.05) is 24.3 Å². The molecule has 0 radical (unpaired) electrons. The normalized spacial score (nSPS) is 10.9. The SMILES string of the molecule is CCCCn1c(CNC(=O)c2ccc(F)cc2)nc2ccccc21. The fraction of sp³-hybridized carbons (Fsp3) is 0.263. The first-order valence-electron chi connectivity index (χ1n) is 8.17. The first-order valence-corrected chi connectivity index (χ1v) is 8.17. The second-order valence-corrected chi connectivity index (χ2v) is 5.71. The number of rotatable bonds is 6. The first-order chi connectivity index (χ1) is 11.7. The van der Waals surface area contributed by atoms with E-state index in [-0.39, 0.29) is 11.7 Å². The Morgan fingerprint density at radius 2 is 1.92 bits per heavy atom. The summed E-state index contributed by atoms with van der Waals surface area (Å²) in [6.45, 7) is 3.36. The smallest absolute Gasteiger partial charge is 0.251 e. The van der Waals surface area contributed by atoms with E-state index in [9.17, 15) is 9.18 Å². The summed E-state index contributed by atoms with van der Waals surface area (Å²) < 4.78 is 15.1. The minimum atomic E-state index is -0.354. The quantitative estimate of drug-likeness (QED) is 0.747. The molecular formula is C19H20FN3O. The van der Waals surface area contributed by atoms with Gasteiger partial charge in [-0.2, -0.15) is 0 Å². The molecule has 124 valence electrons. The molecule has 0 unspecified atom stereocenters. The molecule has 4 nitrogen and oxygen atoms in total. The summed E-state index contributed by atoms with van der Waals surface area (Å²) >= 11 is 0. The summed E-state index contributed by atoms with van der Waals surface area (Å²) in [6.07, 6.45) is 2.15. The van der Waals surface area contributed by atoms with Gasteiger partial charge < -0.3 is 9.88 Å². The van der Waals surface area contributed by atoms with E-state index in [0.29, 0.717) is 12.1 Å². The van der Waals surface area contributed by atoms with Gasteiger partial charge in [0.15, 0.2) is 0 Å². The molecule has 5 heteroatoms. The van der Waals surface area contributed by atoms with E-state index >= 15 is 0 Å². The summed E-state index contributed by atoms with van der Waals surface area (Å²) in [6, 6.07) is 13.5. The highest BCUT2D eigenvalue weighted by Gasteiger charge is 2.12. The number of unbranched alkanes of at least 4 members (excludes halogenated alkanes) is 1. The van der Waals surface area contributed by atoms with Crippen molar-refractivity contribution in [1.82, 2.24) is 14.9 Å². The molecule has 0 saturated heterocycles. The van der Waals surface area contributed by atoms with Gasteiger partial charge in [0.1, 0.15) is 11.6 Å². The van der Waals surface area contributed by atoms with Crippen LogP contribution in [0.1, 0.15) is 35.9 Å². The number of imidazole rings is 1. The molecule has 1 heterocycles. The summed E-state index contributed by atoms with van der Waals surface area (Å²) in [7, 11) is 0. The highest BCUT2D eigenvalue weighted by Crippen LogP contribution is 2.17. The lowest BCUT2D eigenvalue weighted by Gasteiger charge is -2.09. The molecule has 0 fully saturated rings. The number of nitrogens with zero attached hydrogens (tertiary/aromatic N) is 2. The predicted octanol–water partition coefficient (Wildman–Crippen LogP) is 3.91. The van der Waals surface area contributed by atoms with E-state index in [2.05, 4.69) is 21.8 Å². The molecule has 0 spiro atoms. The molecule has 1 amide bonds. The van der Waals surface area contributed by atoms with Crippen LogP contribution in [0.3, 0.4) is 0 Å². The monoisotopic (exact) mass is 325 g/mol. The lowest BCUT2D eigenvalue weighted by atomic mass is 10.2. The van der Waals surface area contributed by atoms with Crippen molar-refractivity contribution < 1.29 is 9.18 Å². The highest BCUT2D eigenvalue weighted by atomic mass is 19.1. The Hall–Kier alpha value is -2.69. The van der Waals surface area contributed by atoms with Gasteiger partial charge in [0.25, 0.3) is 5.91 Å². The maximum absolute atomic E-state index is 12.9. The molecule has 0 atom stereocenters. The van der Waals surface area contributed by atoms with Crippen molar-refractivity contribution >= 4 is 16.9 Å². The standard InChI is InChI=1S/C19H20FN3O/c1-2-3-12-23-17-7-5-4-6-16(17)22-18(23)13-21-19(24)14-8-10-15(20)11-9-14/h4-11H,2-3,12-13H2,1H3,(H,21,24). The zero-order valence-electron chi connectivity index (χ0n) is 13.6. The number of fused-ring (bicyclic) bond motifs is 1. The van der Waals surface area contributed by atoms with Crippen LogP contribution in [-0.2, 0) is 13.1 Å². The van der Waals surface area contributed by atoms with Crippen molar-refractivity contribution in [3.8, 4) is 0 Å². The lowest BCUT2D eigenvalue weighted by molar-refractivity contribution is 0.0949. The highest BCUT2D eigenvalue weighted by molar-refractivity contribution is 5.94. The van der Waals surface area contributed by atoms with Crippen molar-refractivity contribution in [3.05, 3.63) is 65.7 Å². The zero-order valence-corrected chi connectivity index (χ0v) is 13.6. The second-order valence-electron chi connectivity index (χ2n) is 5.71. The maximum atomic E-state index is 12.9. The minimum absolute atomic E-state index is 0.232. The van der Waals surface area contributed by atoms with Crippen LogP contribution >= 0.6 is 0 Å². The third-order valence-electron chi connectivity index (χ3n) is 3.98. The molecule has 24 heavy (non-hydrogen) atoms. The van der Waals surface area contributed by atoms with E-state index in [4.69, 9.17) is 0 Å². The molecule has 1 aromatic heterocycles. The van der Waals surface area contributed by atoms with Crippen LogP contribution in [0.4, 0.5) is 4.39 Å². The fourth-order valence-corrected chi connectivity index (χ4v) is 2.69. The van der Waals surface area contributed by atoms with Gasteiger partial charge >= 0.3 is 0 Å². The van der Waals surface area contributed by atoms with Crippen LogP contribution in [0.2, 0.25) is 0 Å². The summed E-state index contributed by atoms with van der Waals surface area (Å²) in [5.41, 5.74) is 2.45. The van der Waals surface area contributed by atoms with Gasteiger partial charge in [0.05, 0.1) is 17.6 Å². The first kappa shape index (κ1) is 16.2. The number of amides is 1. The van der Waals surface area contributed by atoms with Crippen LogP contribution in [-0.4, -0.2) is 15.5 Å². The van der Waals surface area contributed by atoms with E-state index in [1.165, 1.54) is 24.3 Å². The number of carbonyl (C=O) groups excluding carboxylic acids is 1. The van der Waals surface area contributed by atoms with Gasteiger partial charge in [-0.05, 0) is 42.8 Å². The summed E-state index contributed by atoms with van der Waals surface area (Å²) in [5, 5.41) is 2.87. The van der Waals surface area contributed by atoms with Crippen molar-refractivity contribution in [2.75, 3.05) is 0 Å². The topological polar surface area (TPSA) is 46.9 Å². The molecule has 0 aliphatic heterocycles. The minimum Gasteiger partial charge on any atom is -0.345 e. The van der Waals surface area contributed by atoms with Crippen LogP contribution in [0.25, 0.3) is 11.0 Å². The second kappa shape index (κ2) is 7.25. The number of aromatic nitrogens is 2. The molecule has 0 bridgehead atoms. The van der Waals surface area contributed by atoms with Gasteiger partial charge in [0, 0.05) is 12.1 Å². The number of nitrogens with one attached hydrogen (secondary N) is 1. The average molecular weight is 325 g/mol. The lowest BCUT2D eigenvalue weighted by Crippen LogP contribution is -2.24. The van der Waals surface area contributed by atoms with Crippen LogP contribution in [0.15, 0.2) is 48.5 Å². The van der Waals surface area contributed by atoms with Gasteiger partial charge in [-0.15, -0.1) is 0 Å². The number of aryl methyl sites for hydroxylation is 1. The van der Waals surface area contributed by atoms with Crippen LogP contribution < -0.4 is 5.32 Å². The zero-order chi connectivity index (χ0) is 16.9. The molecule has 0 aliphatic rings. The number of carbonyl (C=O) groups is 1. The maximum Gasteiger partial charge on any atom is 0.251 e. The Kier molecular flexibility index (Phi) is 4.89. The largest absolute Gasteiger partial charge is 0.345 e. The van der Waals surface area contributed by atoms with Crippen LogP contribution in [0.5, 0.6) is 0 Å². The van der Waals surface area contributed by atoms with Crippen molar-refractivity contribution in [1.29, 1.82) is 0 Å². The Morgan fingerprint density at radius 1 is 1.17 bits per heavy atom. The molecule has 0 saturated carbocycles. The Balaban J connectivity index is 1.78. The number of benzene rings is 2. The summed E-state index contributed by atoms with van der Waals surface area (Å²) in [5.74, 6) is 0.247.